The molecule has 0 amide bonds. The maximum atomic E-state index is 14.1. The Labute approximate surface area is 287 Å². The van der Waals surface area contributed by atoms with Gasteiger partial charge in [-0.05, 0) is 67.4 Å². The highest BCUT2D eigenvalue weighted by Crippen LogP contribution is 2.41. The largest absolute Gasteiger partial charge is 0.493 e. The van der Waals surface area contributed by atoms with Gasteiger partial charge in [-0.15, -0.1) is 0 Å². The zero-order chi connectivity index (χ0) is 33.1. The van der Waals surface area contributed by atoms with Crippen LogP contribution in [0.4, 0.5) is 0 Å². The molecule has 5 rings (SSSR count). The first-order valence-corrected chi connectivity index (χ1v) is 16.3. The fourth-order valence-corrected chi connectivity index (χ4v) is 7.05. The van der Waals surface area contributed by atoms with E-state index >= 15 is 0 Å². The molecule has 2 heterocycles. The number of thiazole rings is 1. The van der Waals surface area contributed by atoms with E-state index in [1.165, 1.54) is 37.2 Å². The van der Waals surface area contributed by atoms with Crippen molar-refractivity contribution in [2.45, 2.75) is 26.5 Å². The number of methoxy groups -OCH3 is 3. The van der Waals surface area contributed by atoms with E-state index in [2.05, 4.69) is 20.9 Å². The van der Waals surface area contributed by atoms with Crippen LogP contribution in [-0.4, -0.2) is 38.5 Å². The van der Waals surface area contributed by atoms with Crippen molar-refractivity contribution in [1.29, 1.82) is 0 Å². The first kappa shape index (κ1) is 33.6. The fourth-order valence-electron chi connectivity index (χ4n) is 5.00. The van der Waals surface area contributed by atoms with Gasteiger partial charge in [-0.3, -0.25) is 9.36 Å². The van der Waals surface area contributed by atoms with Gasteiger partial charge in [-0.25, -0.2) is 9.79 Å². The summed E-state index contributed by atoms with van der Waals surface area (Å²) in [5, 5.41) is 1.04. The van der Waals surface area contributed by atoms with E-state index < -0.39 is 12.0 Å². The summed E-state index contributed by atoms with van der Waals surface area (Å²) in [4.78, 5) is 32.5. The van der Waals surface area contributed by atoms with Gasteiger partial charge in [0.15, 0.2) is 27.8 Å². The molecule has 0 unspecified atom stereocenters. The second-order valence-electron chi connectivity index (χ2n) is 9.97. The Morgan fingerprint density at radius 2 is 1.70 bits per heavy atom. The Balaban J connectivity index is 1.59. The third-order valence-electron chi connectivity index (χ3n) is 7.20. The van der Waals surface area contributed by atoms with Crippen LogP contribution in [0.1, 0.15) is 36.6 Å². The number of fused-ring (bicyclic) bond motifs is 1. The van der Waals surface area contributed by atoms with Gasteiger partial charge in [0, 0.05) is 20.1 Å². The summed E-state index contributed by atoms with van der Waals surface area (Å²) < 4.78 is 30.5. The number of aromatic nitrogens is 1. The molecule has 1 aromatic heterocycles. The van der Waals surface area contributed by atoms with Crippen LogP contribution in [0.25, 0.3) is 6.08 Å². The number of hydrogen-bond donors (Lipinski definition) is 0. The SMILES string of the molecule is CCOC(=O)C1=C(C)N=c2s/c(=C\c3ccc(OCc4ccc(Cl)cc4Cl)c(OC)c3)c(=O)n2[C@H]1c1cc(OC)c(OC)cc1Br. The summed E-state index contributed by atoms with van der Waals surface area (Å²) in [7, 11) is 4.59. The van der Waals surface area contributed by atoms with Gasteiger partial charge in [0.1, 0.15) is 6.61 Å². The van der Waals surface area contributed by atoms with Crippen LogP contribution >= 0.6 is 50.5 Å². The van der Waals surface area contributed by atoms with Crippen molar-refractivity contribution in [3.05, 3.63) is 111 Å². The predicted molar refractivity (Wildman–Crippen MR) is 181 cm³/mol. The Hall–Kier alpha value is -3.77. The molecule has 46 heavy (non-hydrogen) atoms. The monoisotopic (exact) mass is 746 g/mol. The molecule has 4 aromatic rings. The van der Waals surface area contributed by atoms with Crippen molar-refractivity contribution in [3.63, 3.8) is 0 Å². The molecule has 1 aliphatic rings. The van der Waals surface area contributed by atoms with Gasteiger partial charge < -0.3 is 23.7 Å². The number of carbonyl (C=O) groups is 1. The van der Waals surface area contributed by atoms with Crippen LogP contribution in [0.3, 0.4) is 0 Å². The van der Waals surface area contributed by atoms with E-state index in [9.17, 15) is 9.59 Å². The van der Waals surface area contributed by atoms with E-state index in [-0.39, 0.29) is 24.3 Å². The highest BCUT2D eigenvalue weighted by Gasteiger charge is 2.35. The Bertz CT molecular complexity index is 2040. The minimum atomic E-state index is -0.850. The van der Waals surface area contributed by atoms with Crippen LogP contribution in [0.15, 0.2) is 74.1 Å². The molecule has 13 heteroatoms. The standard InChI is InChI=1S/C33H29BrCl2N2O7S/c1-6-44-32(40)29-17(2)37-33-38(30(29)21-14-26(42-4)27(43-5)15-22(21)34)31(39)28(46-33)12-18-7-10-24(25(11-18)41-3)45-16-19-8-9-20(35)13-23(19)36/h7-15,30H,6,16H2,1-5H3/b28-12-/t30-/m0/s1. The van der Waals surface area contributed by atoms with E-state index in [4.69, 9.17) is 46.9 Å². The van der Waals surface area contributed by atoms with Gasteiger partial charge >= 0.3 is 5.97 Å². The number of ether oxygens (including phenoxy) is 5. The third-order valence-corrected chi connectivity index (χ3v) is 9.45. The van der Waals surface area contributed by atoms with Crippen LogP contribution in [-0.2, 0) is 16.1 Å². The number of allylic oxidation sites excluding steroid dienone is 1. The van der Waals surface area contributed by atoms with E-state index in [0.717, 1.165) is 5.56 Å². The number of nitrogens with zero attached hydrogens (tertiary/aromatic N) is 2. The zero-order valence-electron chi connectivity index (χ0n) is 25.5. The van der Waals surface area contributed by atoms with Crippen LogP contribution in [0.2, 0.25) is 10.0 Å². The number of rotatable bonds is 10. The number of carbonyl (C=O) groups excluding carboxylic acids is 1. The average molecular weight is 748 g/mol. The van der Waals surface area contributed by atoms with Gasteiger partial charge in [0.2, 0.25) is 0 Å². The van der Waals surface area contributed by atoms with Gasteiger partial charge in [-0.1, -0.05) is 62.6 Å². The van der Waals surface area contributed by atoms with Crippen molar-refractivity contribution in [3.8, 4) is 23.0 Å². The highest BCUT2D eigenvalue weighted by atomic mass is 79.9. The minimum Gasteiger partial charge on any atom is -0.493 e. The lowest BCUT2D eigenvalue weighted by atomic mass is 9.95. The summed E-state index contributed by atoms with van der Waals surface area (Å²) in [6.45, 7) is 3.82. The quantitative estimate of drug-likeness (QED) is 0.172. The van der Waals surface area contributed by atoms with Crippen LogP contribution in [0, 0.1) is 0 Å². The predicted octanol–water partition coefficient (Wildman–Crippen LogP) is 6.47. The average Bonchev–Trinajstić information content (AvgIpc) is 3.33. The van der Waals surface area contributed by atoms with Crippen molar-refractivity contribution in [2.75, 3.05) is 27.9 Å². The molecule has 240 valence electrons. The maximum absolute atomic E-state index is 14.1. The molecule has 1 atom stereocenters. The lowest BCUT2D eigenvalue weighted by molar-refractivity contribution is -0.139. The maximum Gasteiger partial charge on any atom is 0.338 e. The molecular formula is C33H29BrCl2N2O7S. The van der Waals surface area contributed by atoms with Gasteiger partial charge in [0.05, 0.1) is 49.8 Å². The summed E-state index contributed by atoms with van der Waals surface area (Å²) >= 11 is 17.1. The molecule has 3 aromatic carbocycles. The first-order chi connectivity index (χ1) is 22.1. The summed E-state index contributed by atoms with van der Waals surface area (Å²) in [6.07, 6.45) is 1.75. The molecule has 0 radical (unpaired) electrons. The van der Waals surface area contributed by atoms with E-state index in [1.807, 2.05) is 6.07 Å². The number of benzene rings is 3. The molecule has 0 aliphatic carbocycles. The molecule has 0 fully saturated rings. The highest BCUT2D eigenvalue weighted by molar-refractivity contribution is 9.10. The van der Waals surface area contributed by atoms with Crippen LogP contribution in [0.5, 0.6) is 23.0 Å². The number of esters is 1. The normalized spacial score (nSPS) is 14.4. The Morgan fingerprint density at radius 1 is 1.00 bits per heavy atom. The molecule has 0 bridgehead atoms. The molecule has 0 spiro atoms. The second kappa shape index (κ2) is 14.3. The molecule has 0 saturated heterocycles. The molecule has 1 aliphatic heterocycles. The Kier molecular flexibility index (Phi) is 10.5. The van der Waals surface area contributed by atoms with Crippen molar-refractivity contribution >= 4 is 62.5 Å². The summed E-state index contributed by atoms with van der Waals surface area (Å²) in [6, 6.07) is 13.2. The zero-order valence-corrected chi connectivity index (χ0v) is 29.4. The van der Waals surface area contributed by atoms with Gasteiger partial charge in [0.25, 0.3) is 5.56 Å². The lowest BCUT2D eigenvalue weighted by Gasteiger charge is -2.26. The van der Waals surface area contributed by atoms with E-state index in [0.29, 0.717) is 63.7 Å². The third kappa shape index (κ3) is 6.69. The Morgan fingerprint density at radius 3 is 2.37 bits per heavy atom. The molecular weight excluding hydrogens is 719 g/mol. The fraction of sp³-hybridized carbons (Fsp3) is 0.242. The molecule has 0 N–H and O–H groups in total. The van der Waals surface area contributed by atoms with Gasteiger partial charge in [-0.2, -0.15) is 0 Å². The number of halogens is 3. The van der Waals surface area contributed by atoms with Crippen molar-refractivity contribution in [2.24, 2.45) is 4.99 Å². The number of hydrogen-bond acceptors (Lipinski definition) is 9. The molecule has 9 nitrogen and oxygen atoms in total. The topological polar surface area (TPSA) is 97.6 Å². The first-order valence-electron chi connectivity index (χ1n) is 14.0. The summed E-state index contributed by atoms with van der Waals surface area (Å²) in [5.74, 6) is 1.33. The van der Waals surface area contributed by atoms with Crippen molar-refractivity contribution in [1.82, 2.24) is 4.57 Å². The van der Waals surface area contributed by atoms with Crippen molar-refractivity contribution < 1.29 is 28.5 Å². The second-order valence-corrected chi connectivity index (χ2v) is 12.7. The summed E-state index contributed by atoms with van der Waals surface area (Å²) in [5.41, 5.74) is 2.43. The molecule has 0 saturated carbocycles. The smallest absolute Gasteiger partial charge is 0.338 e. The van der Waals surface area contributed by atoms with Crippen LogP contribution < -0.4 is 33.8 Å². The minimum absolute atomic E-state index is 0.161. The van der Waals surface area contributed by atoms with E-state index in [1.54, 1.807) is 62.4 Å². The lowest BCUT2D eigenvalue weighted by Crippen LogP contribution is -2.40.